The van der Waals surface area contributed by atoms with Crippen LogP contribution in [0.5, 0.6) is 0 Å². The van der Waals surface area contributed by atoms with Gasteiger partial charge in [0.2, 0.25) is 0 Å². The first-order valence-electron chi connectivity index (χ1n) is 19.9. The molecular weight excluding hydrogens is 732 g/mol. The predicted octanol–water partition coefficient (Wildman–Crippen LogP) is 0.538. The molecule has 0 fully saturated rings. The van der Waals surface area contributed by atoms with E-state index in [1.807, 2.05) is 83.1 Å². The third-order valence-corrected chi connectivity index (χ3v) is 8.87. The van der Waals surface area contributed by atoms with E-state index in [0.29, 0.717) is 25.7 Å². The summed E-state index contributed by atoms with van der Waals surface area (Å²) in [4.78, 5) is 0. The molecule has 56 heavy (non-hydrogen) atoms. The van der Waals surface area contributed by atoms with Crippen LogP contribution in [0.4, 0.5) is 0 Å². The summed E-state index contributed by atoms with van der Waals surface area (Å²) in [5, 5.41) is 139. The third-order valence-electron chi connectivity index (χ3n) is 8.87. The Morgan fingerprint density at radius 2 is 0.500 bits per heavy atom. The van der Waals surface area contributed by atoms with Crippen LogP contribution in [-0.4, -0.2) is 170 Å². The van der Waals surface area contributed by atoms with Crippen molar-refractivity contribution in [3.63, 3.8) is 0 Å². The Balaban J connectivity index is -0.000000323. The Morgan fingerprint density at radius 1 is 0.286 bits per heavy atom. The highest BCUT2D eigenvalue weighted by atomic mass is 16.4. The molecular formula is C41H90O15. The highest BCUT2D eigenvalue weighted by Gasteiger charge is 2.33. The molecule has 0 aromatic rings. The van der Waals surface area contributed by atoms with Crippen LogP contribution in [0.3, 0.4) is 0 Å². The molecule has 0 unspecified atom stereocenters. The Labute approximate surface area is 338 Å². The van der Waals surface area contributed by atoms with Gasteiger partial charge < -0.3 is 76.6 Å². The lowest BCUT2D eigenvalue weighted by atomic mass is 9.84. The monoisotopic (exact) mass is 823 g/mol. The molecule has 0 aliphatic rings. The summed E-state index contributed by atoms with van der Waals surface area (Å²) in [6, 6.07) is 0. The summed E-state index contributed by atoms with van der Waals surface area (Å²) in [5.41, 5.74) is -0.278. The van der Waals surface area contributed by atoms with Crippen molar-refractivity contribution in [2.75, 3.05) is 26.4 Å². The summed E-state index contributed by atoms with van der Waals surface area (Å²) < 4.78 is 0. The molecule has 15 heteroatoms. The van der Waals surface area contributed by atoms with Gasteiger partial charge in [0.25, 0.3) is 0 Å². The second-order valence-electron chi connectivity index (χ2n) is 20.5. The average Bonchev–Trinajstić information content (AvgIpc) is 3.05. The lowest BCUT2D eigenvalue weighted by Crippen LogP contribution is -2.46. The quantitative estimate of drug-likeness (QED) is 0.0898. The standard InChI is InChI=1S/C11H24O4.C10H22O5.2C10H22O3/c1-7(9(14)6-12)10(15)8(13)5-11(2,3)4;1-10(2,3)4-6(12)8(14)9(15)7(13)5-11;2*1-7(6-11)9(13)8(12)5-10(2,3)4/h7-10,12-15H,5-6H2,1-4H3;6-9,11-15H,4-5H2,1-3H3;2*7-9,11-13H,5-6H2,1-4H3/t7-,8+,9-,10+;6-,7-,8-,9-;2*7-,8+,9+/m1110/s1. The van der Waals surface area contributed by atoms with E-state index in [9.17, 15) is 51.1 Å². The minimum atomic E-state index is -1.53. The Bertz CT molecular complexity index is 854. The van der Waals surface area contributed by atoms with Gasteiger partial charge in [0.15, 0.2) is 0 Å². The normalized spacial score (nSPS) is 20.2. The molecule has 0 aromatic heterocycles. The zero-order valence-electron chi connectivity index (χ0n) is 37.4. The number of rotatable bonds is 18. The molecule has 0 heterocycles. The van der Waals surface area contributed by atoms with Crippen molar-refractivity contribution in [2.24, 2.45) is 39.4 Å². The number of aliphatic hydroxyl groups is 15. The van der Waals surface area contributed by atoms with Crippen molar-refractivity contribution < 1.29 is 76.6 Å². The zero-order valence-corrected chi connectivity index (χ0v) is 37.4. The molecule has 0 radical (unpaired) electrons. The van der Waals surface area contributed by atoms with Crippen LogP contribution in [0.1, 0.15) is 130 Å². The maximum Gasteiger partial charge on any atom is 0.110 e. The topological polar surface area (TPSA) is 303 Å². The van der Waals surface area contributed by atoms with Crippen molar-refractivity contribution >= 4 is 0 Å². The minimum Gasteiger partial charge on any atom is -0.396 e. The smallest absolute Gasteiger partial charge is 0.110 e. The molecule has 0 aromatic carbocycles. The predicted molar refractivity (Wildman–Crippen MR) is 218 cm³/mol. The Kier molecular flexibility index (Phi) is 31.9. The molecule has 0 rings (SSSR count). The first-order chi connectivity index (χ1) is 24.9. The van der Waals surface area contributed by atoms with Gasteiger partial charge in [-0.25, -0.2) is 0 Å². The first kappa shape index (κ1) is 62.1. The zero-order chi connectivity index (χ0) is 45.7. The van der Waals surface area contributed by atoms with E-state index in [2.05, 4.69) is 0 Å². The van der Waals surface area contributed by atoms with E-state index in [0.717, 1.165) is 0 Å². The fourth-order valence-electron chi connectivity index (χ4n) is 5.27. The molecule has 15 nitrogen and oxygen atoms in total. The summed E-state index contributed by atoms with van der Waals surface area (Å²) in [6.07, 6.45) is -9.74. The molecule has 0 bridgehead atoms. The fourth-order valence-corrected chi connectivity index (χ4v) is 5.27. The lowest BCUT2D eigenvalue weighted by molar-refractivity contribution is -0.121. The summed E-state index contributed by atoms with van der Waals surface area (Å²) >= 11 is 0. The molecule has 14 atom stereocenters. The van der Waals surface area contributed by atoms with Crippen LogP contribution < -0.4 is 0 Å². The lowest BCUT2D eigenvalue weighted by Gasteiger charge is -2.30. The van der Waals surface area contributed by atoms with E-state index in [1.54, 1.807) is 20.8 Å². The van der Waals surface area contributed by atoms with Gasteiger partial charge in [-0.2, -0.15) is 0 Å². The van der Waals surface area contributed by atoms with E-state index < -0.39 is 86.3 Å². The van der Waals surface area contributed by atoms with Crippen molar-refractivity contribution in [2.45, 2.75) is 197 Å². The second kappa shape index (κ2) is 28.8. The molecule has 0 aliphatic carbocycles. The van der Waals surface area contributed by atoms with Gasteiger partial charge in [0.05, 0.1) is 62.0 Å². The van der Waals surface area contributed by atoms with Gasteiger partial charge in [-0.15, -0.1) is 0 Å². The Morgan fingerprint density at radius 3 is 0.714 bits per heavy atom. The van der Waals surface area contributed by atoms with Crippen molar-refractivity contribution in [3.05, 3.63) is 0 Å². The molecule has 0 saturated carbocycles. The van der Waals surface area contributed by atoms with Gasteiger partial charge in [-0.1, -0.05) is 104 Å². The van der Waals surface area contributed by atoms with E-state index in [1.165, 1.54) is 0 Å². The second-order valence-corrected chi connectivity index (χ2v) is 20.5. The SMILES string of the molecule is CC(C)(C)C[C@@H](O)[C@@H](O)[C@H](O)[C@H](O)CO.C[C@@H](CO)[C@@H](O)[C@H](O)CC(C)(C)C.C[C@@H]([C@H](O)[C@@H](O)CC(C)(C)C)[C@H](O)CO.C[C@H](CO)[C@H](O)[C@@H](O)CC(C)(C)C. The fraction of sp³-hybridized carbons (Fsp3) is 1.00. The van der Waals surface area contributed by atoms with Crippen molar-refractivity contribution in [3.8, 4) is 0 Å². The number of hydrogen-bond donors (Lipinski definition) is 15. The van der Waals surface area contributed by atoms with Gasteiger partial charge in [0, 0.05) is 31.0 Å². The minimum absolute atomic E-state index is 0.00439. The average molecular weight is 823 g/mol. The molecule has 0 saturated heterocycles. The van der Waals surface area contributed by atoms with Crippen LogP contribution >= 0.6 is 0 Å². The highest BCUT2D eigenvalue weighted by Crippen LogP contribution is 2.27. The highest BCUT2D eigenvalue weighted by molar-refractivity contribution is 4.84. The van der Waals surface area contributed by atoms with Crippen LogP contribution in [-0.2, 0) is 0 Å². The maximum absolute atomic E-state index is 9.73. The van der Waals surface area contributed by atoms with Crippen LogP contribution in [0.15, 0.2) is 0 Å². The first-order valence-corrected chi connectivity index (χ1v) is 19.9. The molecule has 0 spiro atoms. The summed E-state index contributed by atoms with van der Waals surface area (Å²) in [5.74, 6) is -1.07. The van der Waals surface area contributed by atoms with Gasteiger partial charge in [-0.05, 0) is 47.3 Å². The molecule has 0 aliphatic heterocycles. The van der Waals surface area contributed by atoms with E-state index >= 15 is 0 Å². The van der Waals surface area contributed by atoms with E-state index in [4.69, 9.17) is 25.5 Å². The van der Waals surface area contributed by atoms with Crippen LogP contribution in [0.2, 0.25) is 0 Å². The van der Waals surface area contributed by atoms with Gasteiger partial charge in [0.1, 0.15) is 18.3 Å². The van der Waals surface area contributed by atoms with Crippen LogP contribution in [0, 0.1) is 39.4 Å². The van der Waals surface area contributed by atoms with Crippen LogP contribution in [0.25, 0.3) is 0 Å². The van der Waals surface area contributed by atoms with Gasteiger partial charge >= 0.3 is 0 Å². The summed E-state index contributed by atoms with van der Waals surface area (Å²) in [6.45, 7) is 27.4. The third kappa shape index (κ3) is 32.3. The number of hydrogen-bond acceptors (Lipinski definition) is 15. The van der Waals surface area contributed by atoms with E-state index in [-0.39, 0.29) is 46.7 Å². The molecule has 15 N–H and O–H groups in total. The maximum atomic E-state index is 9.73. The Hall–Kier alpha value is -0.600. The number of aliphatic hydroxyl groups excluding tert-OH is 15. The van der Waals surface area contributed by atoms with Crippen molar-refractivity contribution in [1.82, 2.24) is 0 Å². The van der Waals surface area contributed by atoms with Crippen molar-refractivity contribution in [1.29, 1.82) is 0 Å². The summed E-state index contributed by atoms with van der Waals surface area (Å²) in [7, 11) is 0. The molecule has 344 valence electrons. The molecule has 0 amide bonds. The van der Waals surface area contributed by atoms with Gasteiger partial charge in [-0.3, -0.25) is 0 Å². The largest absolute Gasteiger partial charge is 0.396 e.